The number of alkyl halides is 3. The van der Waals surface area contributed by atoms with Gasteiger partial charge in [-0.15, -0.1) is 0 Å². The Balaban J connectivity index is 2.64. The second-order valence-electron chi connectivity index (χ2n) is 2.65. The molecule has 0 aliphatic carbocycles. The zero-order chi connectivity index (χ0) is 10.8. The zero-order valence-electron chi connectivity index (χ0n) is 6.93. The van der Waals surface area contributed by atoms with E-state index in [1.54, 1.807) is 0 Å². The summed E-state index contributed by atoms with van der Waals surface area (Å²) in [7, 11) is 0. The molecule has 0 fully saturated rings. The maximum absolute atomic E-state index is 12.0. The van der Waals surface area contributed by atoms with Crippen LogP contribution in [-0.2, 0) is 17.4 Å². The third kappa shape index (κ3) is 2.75. The molecule has 0 aliphatic heterocycles. The fraction of sp³-hybridized carbons (Fsp3) is 0.429. The van der Waals surface area contributed by atoms with Crippen molar-refractivity contribution in [3.05, 3.63) is 17.7 Å². The van der Waals surface area contributed by atoms with Gasteiger partial charge in [-0.2, -0.15) is 13.2 Å². The van der Waals surface area contributed by atoms with Gasteiger partial charge in [0.05, 0.1) is 6.42 Å². The molecule has 0 amide bonds. The van der Waals surface area contributed by atoms with E-state index in [4.69, 9.17) is 5.11 Å². The van der Waals surface area contributed by atoms with Crippen LogP contribution in [-0.4, -0.2) is 21.0 Å². The maximum Gasteiger partial charge on any atom is 0.449 e. The van der Waals surface area contributed by atoms with Gasteiger partial charge in [-0.05, 0) is 6.42 Å². The van der Waals surface area contributed by atoms with Crippen molar-refractivity contribution in [3.8, 4) is 0 Å². The van der Waals surface area contributed by atoms with E-state index in [1.165, 1.54) is 0 Å². The first-order valence-corrected chi connectivity index (χ1v) is 3.72. The average Bonchev–Trinajstić information content (AvgIpc) is 2.47. The third-order valence-electron chi connectivity index (χ3n) is 1.51. The summed E-state index contributed by atoms with van der Waals surface area (Å²) >= 11 is 0. The Labute approximate surface area is 76.8 Å². The van der Waals surface area contributed by atoms with Gasteiger partial charge in [-0.1, -0.05) is 0 Å². The molecule has 1 aromatic rings. The van der Waals surface area contributed by atoms with Crippen LogP contribution in [0.15, 0.2) is 6.20 Å². The summed E-state index contributed by atoms with van der Waals surface area (Å²) in [6, 6.07) is 0. The summed E-state index contributed by atoms with van der Waals surface area (Å²) in [6.07, 6.45) is -3.73. The molecule has 0 aromatic carbocycles. The van der Waals surface area contributed by atoms with Gasteiger partial charge in [-0.25, -0.2) is 4.98 Å². The van der Waals surface area contributed by atoms with Crippen LogP contribution >= 0.6 is 0 Å². The molecule has 0 aliphatic rings. The highest BCUT2D eigenvalue weighted by atomic mass is 19.4. The van der Waals surface area contributed by atoms with E-state index in [9.17, 15) is 18.0 Å². The highest BCUT2D eigenvalue weighted by Gasteiger charge is 2.34. The topological polar surface area (TPSA) is 66.0 Å². The monoisotopic (exact) mass is 208 g/mol. The minimum Gasteiger partial charge on any atom is -0.481 e. The standard InChI is InChI=1S/C7H7F3N2O2/c8-7(9,10)6-11-3-4(12-6)1-2-5(13)14/h3H,1-2H2,(H,11,12)(H,13,14). The van der Waals surface area contributed by atoms with E-state index in [0.717, 1.165) is 6.20 Å². The van der Waals surface area contributed by atoms with Crippen LogP contribution in [0.3, 0.4) is 0 Å². The number of rotatable bonds is 3. The molecule has 7 heteroatoms. The summed E-state index contributed by atoms with van der Waals surface area (Å²) in [5.74, 6) is -2.16. The number of carboxylic acid groups (broad SMARTS) is 1. The van der Waals surface area contributed by atoms with Gasteiger partial charge in [0.1, 0.15) is 0 Å². The first kappa shape index (κ1) is 10.6. The van der Waals surface area contributed by atoms with Crippen LogP contribution in [0.4, 0.5) is 13.2 Å². The lowest BCUT2D eigenvalue weighted by Crippen LogP contribution is -2.07. The van der Waals surface area contributed by atoms with Gasteiger partial charge in [0, 0.05) is 11.9 Å². The van der Waals surface area contributed by atoms with Crippen LogP contribution in [0.1, 0.15) is 17.9 Å². The molecule has 0 spiro atoms. The number of aliphatic carboxylic acids is 1. The predicted octanol–water partition coefficient (Wildman–Crippen LogP) is 1.45. The first-order valence-electron chi connectivity index (χ1n) is 3.72. The molecule has 2 N–H and O–H groups in total. The van der Waals surface area contributed by atoms with Gasteiger partial charge in [0.15, 0.2) is 0 Å². The van der Waals surface area contributed by atoms with Crippen molar-refractivity contribution in [1.82, 2.24) is 9.97 Å². The van der Waals surface area contributed by atoms with Crippen LogP contribution < -0.4 is 0 Å². The van der Waals surface area contributed by atoms with Gasteiger partial charge in [-0.3, -0.25) is 4.79 Å². The number of carbonyl (C=O) groups is 1. The minimum absolute atomic E-state index is 0.0123. The Morgan fingerprint density at radius 3 is 2.64 bits per heavy atom. The molecule has 0 bridgehead atoms. The van der Waals surface area contributed by atoms with E-state index >= 15 is 0 Å². The molecule has 0 unspecified atom stereocenters. The van der Waals surface area contributed by atoms with Crippen molar-refractivity contribution in [2.45, 2.75) is 19.0 Å². The number of aryl methyl sites for hydroxylation is 1. The molecule has 0 saturated heterocycles. The molecule has 0 radical (unpaired) electrons. The number of imidazole rings is 1. The summed E-state index contributed by atoms with van der Waals surface area (Å²) in [5.41, 5.74) is 0.166. The Morgan fingerprint density at radius 2 is 2.21 bits per heavy atom. The second-order valence-corrected chi connectivity index (χ2v) is 2.65. The summed E-state index contributed by atoms with van der Waals surface area (Å²) in [5, 5.41) is 8.28. The van der Waals surface area contributed by atoms with Gasteiger partial charge < -0.3 is 10.1 Å². The molecule has 78 valence electrons. The number of nitrogens with zero attached hydrogens (tertiary/aromatic N) is 1. The lowest BCUT2D eigenvalue weighted by atomic mass is 10.2. The summed E-state index contributed by atoms with van der Waals surface area (Å²) < 4.78 is 36.0. The SMILES string of the molecule is O=C(O)CCc1cnc(C(F)(F)F)[nH]1. The van der Waals surface area contributed by atoms with Crippen LogP contribution in [0.25, 0.3) is 0 Å². The van der Waals surface area contributed by atoms with E-state index in [0.29, 0.717) is 0 Å². The molecule has 0 atom stereocenters. The second kappa shape index (κ2) is 3.69. The number of H-pyrrole nitrogens is 1. The smallest absolute Gasteiger partial charge is 0.449 e. The van der Waals surface area contributed by atoms with E-state index in [2.05, 4.69) is 4.98 Å². The number of aromatic amines is 1. The molecule has 1 heterocycles. The number of nitrogens with one attached hydrogen (secondary N) is 1. The minimum atomic E-state index is -4.51. The Kier molecular flexibility index (Phi) is 2.78. The third-order valence-corrected chi connectivity index (χ3v) is 1.51. The number of hydrogen-bond donors (Lipinski definition) is 2. The largest absolute Gasteiger partial charge is 0.481 e. The highest BCUT2D eigenvalue weighted by molar-refractivity contribution is 5.66. The normalized spacial score (nSPS) is 11.6. The lowest BCUT2D eigenvalue weighted by Gasteiger charge is -2.00. The fourth-order valence-electron chi connectivity index (χ4n) is 0.872. The Hall–Kier alpha value is -1.53. The van der Waals surface area contributed by atoms with Crippen LogP contribution in [0.5, 0.6) is 0 Å². The maximum atomic E-state index is 12.0. The number of hydrogen-bond acceptors (Lipinski definition) is 2. The molecule has 1 rings (SSSR count). The predicted molar refractivity (Wildman–Crippen MR) is 39.5 cm³/mol. The highest BCUT2D eigenvalue weighted by Crippen LogP contribution is 2.26. The van der Waals surface area contributed by atoms with Crippen LogP contribution in [0, 0.1) is 0 Å². The zero-order valence-corrected chi connectivity index (χ0v) is 6.93. The number of aromatic nitrogens is 2. The van der Waals surface area contributed by atoms with Crippen LogP contribution in [0.2, 0.25) is 0 Å². The van der Waals surface area contributed by atoms with Crippen molar-refractivity contribution >= 4 is 5.97 Å². The van der Waals surface area contributed by atoms with Gasteiger partial charge in [0.2, 0.25) is 5.82 Å². The van der Waals surface area contributed by atoms with E-state index in [1.807, 2.05) is 4.98 Å². The first-order chi connectivity index (χ1) is 6.39. The molecule has 0 saturated carbocycles. The quantitative estimate of drug-likeness (QED) is 0.789. The van der Waals surface area contributed by atoms with Crippen molar-refractivity contribution in [1.29, 1.82) is 0 Å². The van der Waals surface area contributed by atoms with Crippen molar-refractivity contribution in [2.75, 3.05) is 0 Å². The lowest BCUT2D eigenvalue weighted by molar-refractivity contribution is -0.144. The molecular formula is C7H7F3N2O2. The van der Waals surface area contributed by atoms with E-state index in [-0.39, 0.29) is 18.5 Å². The molecule has 4 nitrogen and oxygen atoms in total. The number of halogens is 3. The summed E-state index contributed by atoms with van der Waals surface area (Å²) in [6.45, 7) is 0. The van der Waals surface area contributed by atoms with Gasteiger partial charge in [0.25, 0.3) is 0 Å². The van der Waals surface area contributed by atoms with Crippen molar-refractivity contribution < 1.29 is 23.1 Å². The van der Waals surface area contributed by atoms with E-state index < -0.39 is 18.0 Å². The van der Waals surface area contributed by atoms with Crippen molar-refractivity contribution in [2.24, 2.45) is 0 Å². The molecule has 1 aromatic heterocycles. The average molecular weight is 208 g/mol. The fourth-order valence-corrected chi connectivity index (χ4v) is 0.872. The Bertz CT molecular complexity index is 332. The van der Waals surface area contributed by atoms with Crippen molar-refractivity contribution in [3.63, 3.8) is 0 Å². The molecular weight excluding hydrogens is 201 g/mol. The van der Waals surface area contributed by atoms with Gasteiger partial charge >= 0.3 is 12.1 Å². The Morgan fingerprint density at radius 1 is 1.57 bits per heavy atom. The number of carboxylic acids is 1. The summed E-state index contributed by atoms with van der Waals surface area (Å²) in [4.78, 5) is 15.2. The molecule has 14 heavy (non-hydrogen) atoms.